The summed E-state index contributed by atoms with van der Waals surface area (Å²) in [5.41, 5.74) is 2.00. The lowest BCUT2D eigenvalue weighted by Gasteiger charge is -2.20. The number of piperidine rings is 1. The van der Waals surface area contributed by atoms with Gasteiger partial charge < -0.3 is 5.32 Å². The van der Waals surface area contributed by atoms with Crippen molar-refractivity contribution in [1.29, 1.82) is 0 Å². The first-order valence-electron chi connectivity index (χ1n) is 6.35. The van der Waals surface area contributed by atoms with E-state index in [1.54, 1.807) is 11.3 Å². The van der Waals surface area contributed by atoms with Gasteiger partial charge in [0.2, 0.25) is 0 Å². The topological polar surface area (TPSA) is 24.9 Å². The molecule has 100 valence electrons. The first kappa shape index (κ1) is 13.6. The fourth-order valence-electron chi connectivity index (χ4n) is 2.36. The first-order chi connectivity index (χ1) is 9.24. The van der Waals surface area contributed by atoms with E-state index in [-0.39, 0.29) is 0 Å². The van der Waals surface area contributed by atoms with Gasteiger partial charge in [0.1, 0.15) is 0 Å². The first-order valence-corrected chi connectivity index (χ1v) is 8.40. The Morgan fingerprint density at radius 2 is 2.32 bits per heavy atom. The van der Waals surface area contributed by atoms with Crippen LogP contribution >= 0.6 is 38.9 Å². The molecule has 2 aromatic rings. The van der Waals surface area contributed by atoms with Crippen LogP contribution in [0.4, 0.5) is 0 Å². The van der Waals surface area contributed by atoms with Crippen LogP contribution in [0.25, 0.3) is 11.3 Å². The smallest absolute Gasteiger partial charge is 0.0976 e. The lowest BCUT2D eigenvalue weighted by atomic mass is 10.0. The number of thiazole rings is 1. The molecule has 1 atom stereocenters. The largest absolute Gasteiger partial charge is 0.316 e. The van der Waals surface area contributed by atoms with Crippen molar-refractivity contribution in [3.63, 3.8) is 0 Å². The summed E-state index contributed by atoms with van der Waals surface area (Å²) in [4.78, 5) is 4.77. The highest BCUT2D eigenvalue weighted by Gasteiger charge is 2.19. The third-order valence-electron chi connectivity index (χ3n) is 3.38. The van der Waals surface area contributed by atoms with Crippen molar-refractivity contribution in [2.45, 2.75) is 18.8 Å². The quantitative estimate of drug-likeness (QED) is 0.843. The molecule has 0 radical (unpaired) electrons. The zero-order valence-electron chi connectivity index (χ0n) is 10.3. The predicted octanol–water partition coefficient (Wildman–Crippen LogP) is 4.69. The minimum absolute atomic E-state index is 0.557. The van der Waals surface area contributed by atoms with Gasteiger partial charge in [-0.25, -0.2) is 4.98 Å². The molecule has 2 heterocycles. The zero-order valence-corrected chi connectivity index (χ0v) is 13.5. The molecule has 1 aromatic heterocycles. The maximum Gasteiger partial charge on any atom is 0.0976 e. The number of nitrogens with zero attached hydrogens (tertiary/aromatic N) is 1. The molecule has 19 heavy (non-hydrogen) atoms. The molecule has 1 N–H and O–H groups in total. The van der Waals surface area contributed by atoms with E-state index in [1.807, 2.05) is 18.2 Å². The van der Waals surface area contributed by atoms with E-state index < -0.39 is 0 Å². The lowest BCUT2D eigenvalue weighted by molar-refractivity contribution is 0.460. The van der Waals surface area contributed by atoms with Crippen molar-refractivity contribution >= 4 is 38.9 Å². The Morgan fingerprint density at radius 1 is 1.42 bits per heavy atom. The van der Waals surface area contributed by atoms with Gasteiger partial charge in [-0.1, -0.05) is 33.6 Å². The Labute approximate surface area is 130 Å². The lowest BCUT2D eigenvalue weighted by Crippen LogP contribution is -2.28. The molecule has 3 rings (SSSR count). The maximum atomic E-state index is 6.28. The third-order valence-corrected chi connectivity index (χ3v) is 5.19. The minimum atomic E-state index is 0.557. The van der Waals surface area contributed by atoms with E-state index in [2.05, 4.69) is 26.6 Å². The molecule has 1 aromatic carbocycles. The van der Waals surface area contributed by atoms with Crippen LogP contribution in [0.3, 0.4) is 0 Å². The number of hydrogen-bond donors (Lipinski definition) is 1. The zero-order chi connectivity index (χ0) is 13.2. The van der Waals surface area contributed by atoms with E-state index in [1.165, 1.54) is 17.8 Å². The molecule has 1 aliphatic rings. The molecular weight excluding hydrogens is 344 g/mol. The number of rotatable bonds is 2. The van der Waals surface area contributed by atoms with Gasteiger partial charge in [0.05, 0.1) is 15.7 Å². The second-order valence-electron chi connectivity index (χ2n) is 4.74. The predicted molar refractivity (Wildman–Crippen MR) is 85.1 cm³/mol. The van der Waals surface area contributed by atoms with Crippen LogP contribution in [0.2, 0.25) is 5.02 Å². The summed E-state index contributed by atoms with van der Waals surface area (Å²) in [5, 5.41) is 7.51. The second-order valence-corrected chi connectivity index (χ2v) is 6.95. The van der Waals surface area contributed by atoms with Crippen molar-refractivity contribution in [3.05, 3.63) is 38.1 Å². The Kier molecular flexibility index (Phi) is 4.22. The van der Waals surface area contributed by atoms with E-state index in [9.17, 15) is 0 Å². The molecule has 0 spiro atoms. The van der Waals surface area contributed by atoms with E-state index >= 15 is 0 Å². The second kappa shape index (κ2) is 5.92. The van der Waals surface area contributed by atoms with E-state index in [4.69, 9.17) is 16.6 Å². The molecular formula is C14H14BrClN2S. The maximum absolute atomic E-state index is 6.28. The molecule has 1 saturated heterocycles. The summed E-state index contributed by atoms with van der Waals surface area (Å²) in [6.07, 6.45) is 2.46. The van der Waals surface area contributed by atoms with Gasteiger partial charge in [0.25, 0.3) is 0 Å². The summed E-state index contributed by atoms with van der Waals surface area (Å²) in [5.74, 6) is 0.557. The van der Waals surface area contributed by atoms with Gasteiger partial charge in [0, 0.05) is 27.9 Å². The van der Waals surface area contributed by atoms with Crippen LogP contribution < -0.4 is 5.32 Å². The number of halogens is 2. The average molecular weight is 358 g/mol. The number of aromatic nitrogens is 1. The Hall–Kier alpha value is -0.420. The minimum Gasteiger partial charge on any atom is -0.316 e. The number of nitrogens with one attached hydrogen (secondary N) is 1. The molecule has 5 heteroatoms. The molecule has 0 amide bonds. The standard InChI is InChI=1S/C14H14BrClN2S/c15-10-3-4-11(12(16)6-10)13-8-19-14(18-13)9-2-1-5-17-7-9/h3-4,6,8-9,17H,1-2,5,7H2. The molecule has 1 fully saturated rings. The van der Waals surface area contributed by atoms with Gasteiger partial charge in [-0.05, 0) is 31.5 Å². The molecule has 1 aliphatic heterocycles. The van der Waals surface area contributed by atoms with Gasteiger partial charge >= 0.3 is 0 Å². The fraction of sp³-hybridized carbons (Fsp3) is 0.357. The summed E-state index contributed by atoms with van der Waals surface area (Å²) in [6.45, 7) is 2.17. The van der Waals surface area contributed by atoms with Crippen LogP contribution in [-0.2, 0) is 0 Å². The van der Waals surface area contributed by atoms with Crippen LogP contribution in [0.1, 0.15) is 23.8 Å². The highest BCUT2D eigenvalue weighted by molar-refractivity contribution is 9.10. The van der Waals surface area contributed by atoms with Gasteiger partial charge in [-0.3, -0.25) is 0 Å². The Balaban J connectivity index is 1.87. The van der Waals surface area contributed by atoms with Crippen molar-refractivity contribution in [3.8, 4) is 11.3 Å². The van der Waals surface area contributed by atoms with Crippen LogP contribution in [0, 0.1) is 0 Å². The van der Waals surface area contributed by atoms with Gasteiger partial charge in [0.15, 0.2) is 0 Å². The van der Waals surface area contributed by atoms with Crippen LogP contribution in [0.5, 0.6) is 0 Å². The van der Waals surface area contributed by atoms with Crippen LogP contribution in [0.15, 0.2) is 28.1 Å². The Bertz CT molecular complexity index is 579. The molecule has 2 nitrogen and oxygen atoms in total. The average Bonchev–Trinajstić information content (AvgIpc) is 2.89. The third kappa shape index (κ3) is 3.02. The fourth-order valence-corrected chi connectivity index (χ4v) is 4.09. The van der Waals surface area contributed by atoms with Crippen molar-refractivity contribution in [1.82, 2.24) is 10.3 Å². The summed E-state index contributed by atoms with van der Waals surface area (Å²) >= 11 is 11.4. The highest BCUT2D eigenvalue weighted by atomic mass is 79.9. The van der Waals surface area contributed by atoms with E-state index in [0.29, 0.717) is 5.92 Å². The Morgan fingerprint density at radius 3 is 3.05 bits per heavy atom. The van der Waals surface area contributed by atoms with Crippen LogP contribution in [-0.4, -0.2) is 18.1 Å². The highest BCUT2D eigenvalue weighted by Crippen LogP contribution is 2.34. The van der Waals surface area contributed by atoms with Crippen molar-refractivity contribution in [2.75, 3.05) is 13.1 Å². The number of hydrogen-bond acceptors (Lipinski definition) is 3. The normalized spacial score (nSPS) is 19.6. The van der Waals surface area contributed by atoms with Gasteiger partial charge in [-0.15, -0.1) is 11.3 Å². The molecule has 0 bridgehead atoms. The van der Waals surface area contributed by atoms with E-state index in [0.717, 1.165) is 33.8 Å². The summed E-state index contributed by atoms with van der Waals surface area (Å²) in [6, 6.07) is 5.94. The SMILES string of the molecule is Clc1cc(Br)ccc1-c1csc(C2CCCNC2)n1. The number of benzene rings is 1. The molecule has 0 aliphatic carbocycles. The summed E-state index contributed by atoms with van der Waals surface area (Å²) in [7, 11) is 0. The molecule has 1 unspecified atom stereocenters. The molecule has 0 saturated carbocycles. The monoisotopic (exact) mass is 356 g/mol. The van der Waals surface area contributed by atoms with Gasteiger partial charge in [-0.2, -0.15) is 0 Å². The summed E-state index contributed by atoms with van der Waals surface area (Å²) < 4.78 is 0.994. The van der Waals surface area contributed by atoms with Crippen molar-refractivity contribution < 1.29 is 0 Å². The van der Waals surface area contributed by atoms with Crippen molar-refractivity contribution in [2.24, 2.45) is 0 Å².